The highest BCUT2D eigenvalue weighted by atomic mass is 32.2. The first kappa shape index (κ1) is 30.0. The van der Waals surface area contributed by atoms with Crippen molar-refractivity contribution in [2.75, 3.05) is 73.7 Å². The fourth-order valence-electron chi connectivity index (χ4n) is 5.33. The summed E-state index contributed by atoms with van der Waals surface area (Å²) < 4.78 is 31.9. The molecule has 2 fully saturated rings. The third-order valence-corrected chi connectivity index (χ3v) is 9.36. The quantitative estimate of drug-likeness (QED) is 0.339. The van der Waals surface area contributed by atoms with Crippen molar-refractivity contribution in [3.05, 3.63) is 23.3 Å². The Morgan fingerprint density at radius 3 is 2.32 bits per heavy atom. The van der Waals surface area contributed by atoms with Gasteiger partial charge in [0.2, 0.25) is 5.91 Å². The zero-order valence-corrected chi connectivity index (χ0v) is 24.3. The maximum Gasteiger partial charge on any atom is 0.248 e. The molecule has 0 radical (unpaired) electrons. The molecule has 0 spiro atoms. The normalized spacial score (nSPS) is 21.4. The smallest absolute Gasteiger partial charge is 0.248 e. The van der Waals surface area contributed by atoms with E-state index in [2.05, 4.69) is 4.90 Å². The molecule has 2 aliphatic rings. The monoisotopic (exact) mass is 537 g/mol. The van der Waals surface area contributed by atoms with Gasteiger partial charge in [0.05, 0.1) is 31.3 Å². The van der Waals surface area contributed by atoms with Crippen LogP contribution in [0.2, 0.25) is 0 Å². The number of ether oxygens (including phenoxy) is 3. The Kier molecular flexibility index (Phi) is 12.3. The number of carbonyl (C=O) groups excluding carboxylic acids is 1. The summed E-state index contributed by atoms with van der Waals surface area (Å²) in [6.07, 6.45) is 7.40. The Balaban J connectivity index is 1.29. The predicted octanol–water partition coefficient (Wildman–Crippen LogP) is 3.41. The maximum absolute atomic E-state index is 13.0. The number of methoxy groups -OCH3 is 1. The summed E-state index contributed by atoms with van der Waals surface area (Å²) in [5.74, 6) is 1.28. The first-order chi connectivity index (χ1) is 17.8. The molecule has 3 rings (SSSR count). The van der Waals surface area contributed by atoms with Crippen LogP contribution in [0, 0.1) is 19.8 Å². The SMILES string of the molecule is COc1cc(C)c(S(=O)N(C)CCOCC(=O)N(C)CC2CCC(OCCN3CCCC3)CC2)c(C)c1. The van der Waals surface area contributed by atoms with Gasteiger partial charge in [0.15, 0.2) is 0 Å². The third-order valence-electron chi connectivity index (χ3n) is 7.61. The molecule has 1 heterocycles. The van der Waals surface area contributed by atoms with Gasteiger partial charge < -0.3 is 24.0 Å². The van der Waals surface area contributed by atoms with Gasteiger partial charge in [-0.1, -0.05) is 0 Å². The first-order valence-electron chi connectivity index (χ1n) is 13.7. The van der Waals surface area contributed by atoms with Gasteiger partial charge in [0.1, 0.15) is 23.3 Å². The Bertz CT molecular complexity index is 862. The fourth-order valence-corrected chi connectivity index (χ4v) is 6.55. The topological polar surface area (TPSA) is 71.5 Å². The van der Waals surface area contributed by atoms with Crippen LogP contribution in [0.5, 0.6) is 5.75 Å². The number of aryl methyl sites for hydroxylation is 2. The molecule has 1 aliphatic heterocycles. The minimum Gasteiger partial charge on any atom is -0.497 e. The molecule has 8 nitrogen and oxygen atoms in total. The van der Waals surface area contributed by atoms with Gasteiger partial charge in [-0.2, -0.15) is 0 Å². The minimum absolute atomic E-state index is 0.00499. The lowest BCUT2D eigenvalue weighted by Crippen LogP contribution is -2.37. The highest BCUT2D eigenvalue weighted by Crippen LogP contribution is 2.27. The lowest BCUT2D eigenvalue weighted by molar-refractivity contribution is -0.135. The van der Waals surface area contributed by atoms with Crippen molar-refractivity contribution in [3.8, 4) is 5.75 Å². The van der Waals surface area contributed by atoms with Crippen LogP contribution in [0.15, 0.2) is 17.0 Å². The summed E-state index contributed by atoms with van der Waals surface area (Å²) in [6, 6.07) is 3.79. The van der Waals surface area contributed by atoms with Gasteiger partial charge in [-0.3, -0.25) is 4.79 Å². The Morgan fingerprint density at radius 2 is 1.70 bits per heavy atom. The van der Waals surface area contributed by atoms with E-state index in [1.165, 1.54) is 25.9 Å². The van der Waals surface area contributed by atoms with E-state index >= 15 is 0 Å². The zero-order valence-electron chi connectivity index (χ0n) is 23.5. The number of nitrogens with zero attached hydrogens (tertiary/aromatic N) is 3. The molecule has 0 bridgehead atoms. The molecule has 1 saturated heterocycles. The molecule has 210 valence electrons. The molecule has 1 unspecified atom stereocenters. The minimum atomic E-state index is -1.31. The predicted molar refractivity (Wildman–Crippen MR) is 147 cm³/mol. The van der Waals surface area contributed by atoms with Crippen molar-refractivity contribution in [1.82, 2.24) is 14.1 Å². The molecule has 1 atom stereocenters. The number of carbonyl (C=O) groups is 1. The maximum atomic E-state index is 13.0. The van der Waals surface area contributed by atoms with Crippen LogP contribution in [0.4, 0.5) is 0 Å². The number of hydrogen-bond donors (Lipinski definition) is 0. The Labute approximate surface area is 226 Å². The van der Waals surface area contributed by atoms with E-state index in [9.17, 15) is 9.00 Å². The van der Waals surface area contributed by atoms with Crippen molar-refractivity contribution in [3.63, 3.8) is 0 Å². The highest BCUT2D eigenvalue weighted by molar-refractivity contribution is 7.82. The van der Waals surface area contributed by atoms with Gasteiger partial charge >= 0.3 is 0 Å². The lowest BCUT2D eigenvalue weighted by Gasteiger charge is -2.31. The molecule has 37 heavy (non-hydrogen) atoms. The zero-order chi connectivity index (χ0) is 26.8. The van der Waals surface area contributed by atoms with Crippen LogP contribution in [0.25, 0.3) is 0 Å². The first-order valence-corrected chi connectivity index (χ1v) is 14.8. The molecule has 1 saturated carbocycles. The lowest BCUT2D eigenvalue weighted by atomic mass is 9.87. The Hall–Kier alpha value is -1.52. The van der Waals surface area contributed by atoms with Crippen LogP contribution in [-0.2, 0) is 25.3 Å². The van der Waals surface area contributed by atoms with Gasteiger partial charge in [-0.25, -0.2) is 8.51 Å². The molecule has 9 heteroatoms. The number of benzene rings is 1. The molecule has 0 aromatic heterocycles. The van der Waals surface area contributed by atoms with Crippen LogP contribution in [-0.4, -0.2) is 104 Å². The molecule has 0 N–H and O–H groups in total. The molecule has 1 aromatic rings. The van der Waals surface area contributed by atoms with E-state index in [-0.39, 0.29) is 12.5 Å². The second kappa shape index (κ2) is 15.2. The van der Waals surface area contributed by atoms with Crippen molar-refractivity contribution < 1.29 is 23.2 Å². The number of rotatable bonds is 14. The average Bonchev–Trinajstić information content (AvgIpc) is 3.40. The van der Waals surface area contributed by atoms with Crippen LogP contribution in [0.3, 0.4) is 0 Å². The largest absolute Gasteiger partial charge is 0.497 e. The average molecular weight is 538 g/mol. The number of likely N-dealkylation sites (N-methyl/N-ethyl adjacent to an activating group) is 2. The van der Waals surface area contributed by atoms with Crippen LogP contribution < -0.4 is 4.74 Å². The molecule has 1 aliphatic carbocycles. The summed E-state index contributed by atoms with van der Waals surface area (Å²) in [7, 11) is 3.99. The summed E-state index contributed by atoms with van der Waals surface area (Å²) in [6.45, 7) is 9.85. The second-order valence-electron chi connectivity index (χ2n) is 10.6. The number of amides is 1. The van der Waals surface area contributed by atoms with Gasteiger partial charge in [0, 0.05) is 33.7 Å². The summed E-state index contributed by atoms with van der Waals surface area (Å²) in [4.78, 5) is 17.7. The van der Waals surface area contributed by atoms with Crippen molar-refractivity contribution in [2.45, 2.75) is 63.4 Å². The van der Waals surface area contributed by atoms with Crippen molar-refractivity contribution in [1.29, 1.82) is 0 Å². The molecular formula is C28H47N3O5S. The van der Waals surface area contributed by atoms with Crippen molar-refractivity contribution in [2.24, 2.45) is 5.92 Å². The Morgan fingerprint density at radius 1 is 1.05 bits per heavy atom. The number of hydrogen-bond acceptors (Lipinski definition) is 6. The van der Waals surface area contributed by atoms with Crippen molar-refractivity contribution >= 4 is 16.9 Å². The van der Waals surface area contributed by atoms with Crippen LogP contribution in [0.1, 0.15) is 49.7 Å². The van der Waals surface area contributed by atoms with Crippen LogP contribution >= 0.6 is 0 Å². The number of likely N-dealkylation sites (tertiary alicyclic amines) is 1. The highest BCUT2D eigenvalue weighted by Gasteiger charge is 2.24. The van der Waals surface area contributed by atoms with Gasteiger partial charge in [-0.05, 0) is 94.6 Å². The second-order valence-corrected chi connectivity index (χ2v) is 12.1. The van der Waals surface area contributed by atoms with E-state index in [4.69, 9.17) is 14.2 Å². The third kappa shape index (κ3) is 9.32. The molecular weight excluding hydrogens is 490 g/mol. The standard InChI is InChI=1S/C28H47N3O5S/c1-22-18-26(34-5)19-23(2)28(22)37(33)30(4)14-16-35-21-27(32)29(3)20-24-8-10-25(11-9-24)36-17-15-31-12-6-7-13-31/h18-19,24-25H,6-17,20-21H2,1-5H3. The molecule has 1 aromatic carbocycles. The van der Waals surface area contributed by atoms with Gasteiger partial charge in [0.25, 0.3) is 0 Å². The van der Waals surface area contributed by atoms with E-state index in [1.807, 2.05) is 40.1 Å². The summed E-state index contributed by atoms with van der Waals surface area (Å²) in [5.41, 5.74) is 1.87. The molecule has 1 amide bonds. The van der Waals surface area contributed by atoms with E-state index in [1.54, 1.807) is 16.3 Å². The van der Waals surface area contributed by atoms with Gasteiger partial charge in [-0.15, -0.1) is 0 Å². The summed E-state index contributed by atoms with van der Waals surface area (Å²) in [5, 5.41) is 0. The van der Waals surface area contributed by atoms with E-state index < -0.39 is 11.0 Å². The van der Waals surface area contributed by atoms with E-state index in [0.29, 0.717) is 25.2 Å². The fraction of sp³-hybridized carbons (Fsp3) is 0.750. The summed E-state index contributed by atoms with van der Waals surface area (Å²) >= 11 is 0. The van der Waals surface area contributed by atoms with E-state index in [0.717, 1.165) is 67.2 Å².